The summed E-state index contributed by atoms with van der Waals surface area (Å²) in [5.74, 6) is 3.47. The van der Waals surface area contributed by atoms with E-state index in [9.17, 15) is 0 Å². The summed E-state index contributed by atoms with van der Waals surface area (Å²) in [5.41, 5.74) is 2.09. The Morgan fingerprint density at radius 3 is 2.36 bits per heavy atom. The van der Waals surface area contributed by atoms with Gasteiger partial charge in [-0.05, 0) is 37.1 Å². The van der Waals surface area contributed by atoms with Crippen LogP contribution in [0.25, 0.3) is 0 Å². The molecule has 1 fully saturated rings. The predicted molar refractivity (Wildman–Crippen MR) is 128 cm³/mol. The average molecular weight is 440 g/mol. The summed E-state index contributed by atoms with van der Waals surface area (Å²) in [4.78, 5) is 16.6. The van der Waals surface area contributed by atoms with Gasteiger partial charge in [-0.15, -0.1) is 0 Å². The fraction of sp³-hybridized carbons (Fsp3) is 0.320. The van der Waals surface area contributed by atoms with E-state index in [1.807, 2.05) is 30.6 Å². The van der Waals surface area contributed by atoms with E-state index in [2.05, 4.69) is 44.0 Å². The number of nitrogens with zero attached hydrogens (tertiary/aromatic N) is 7. The number of benzene rings is 2. The molecule has 2 unspecified atom stereocenters. The number of rotatable bonds is 0. The van der Waals surface area contributed by atoms with Gasteiger partial charge < -0.3 is 19.4 Å². The Balaban J connectivity index is 1.38. The van der Waals surface area contributed by atoms with Crippen LogP contribution in [0.4, 0.5) is 23.0 Å². The van der Waals surface area contributed by atoms with Crippen LogP contribution in [-0.4, -0.2) is 46.6 Å². The number of aromatic nitrogens is 2. The summed E-state index contributed by atoms with van der Waals surface area (Å²) >= 11 is 0. The van der Waals surface area contributed by atoms with Crippen LogP contribution in [0.15, 0.2) is 66.0 Å². The fourth-order valence-corrected chi connectivity index (χ4v) is 5.56. The number of hydrogen-bond donors (Lipinski definition) is 0. The van der Waals surface area contributed by atoms with Crippen molar-refractivity contribution in [3.05, 3.63) is 60.9 Å². The molecule has 8 nitrogen and oxygen atoms in total. The van der Waals surface area contributed by atoms with Gasteiger partial charge in [0.25, 0.3) is 0 Å². The van der Waals surface area contributed by atoms with Crippen molar-refractivity contribution in [1.29, 1.82) is 0 Å². The standard InChI is InChI=1S/C25H25N7O/c1-2-10-23-22(9-1)29-15-28-32(16-29)19-6-4-8-21(14-19)33-20-7-3-5-18(13-20)30-17-31(23)25-24(30)26-11-12-27-25/h3-8,11-15,22-23H,1-2,9-10,16-17H2. The van der Waals surface area contributed by atoms with E-state index in [1.165, 1.54) is 12.8 Å². The molecule has 8 heteroatoms. The zero-order chi connectivity index (χ0) is 21.8. The number of ether oxygens (including phenoxy) is 1. The van der Waals surface area contributed by atoms with E-state index in [4.69, 9.17) is 19.8 Å². The van der Waals surface area contributed by atoms with Gasteiger partial charge in [0.2, 0.25) is 0 Å². The lowest BCUT2D eigenvalue weighted by Gasteiger charge is -2.42. The molecule has 3 aromatic rings. The highest BCUT2D eigenvalue weighted by Crippen LogP contribution is 2.43. The van der Waals surface area contributed by atoms with Crippen molar-refractivity contribution in [1.82, 2.24) is 14.9 Å². The van der Waals surface area contributed by atoms with E-state index < -0.39 is 0 Å². The summed E-state index contributed by atoms with van der Waals surface area (Å²) < 4.78 is 6.26. The third-order valence-electron chi connectivity index (χ3n) is 7.12. The molecular weight excluding hydrogens is 414 g/mol. The minimum absolute atomic E-state index is 0.349. The maximum Gasteiger partial charge on any atom is 0.178 e. The highest BCUT2D eigenvalue weighted by atomic mass is 16.5. The molecule has 3 aliphatic heterocycles. The van der Waals surface area contributed by atoms with E-state index in [-0.39, 0.29) is 0 Å². The van der Waals surface area contributed by atoms with Crippen LogP contribution >= 0.6 is 0 Å². The molecule has 2 aromatic carbocycles. The van der Waals surface area contributed by atoms with Crippen molar-refractivity contribution in [3.63, 3.8) is 0 Å². The molecule has 0 N–H and O–H groups in total. The summed E-state index contributed by atoms with van der Waals surface area (Å²) in [6, 6.07) is 17.1. The third-order valence-corrected chi connectivity index (χ3v) is 7.12. The monoisotopic (exact) mass is 439 g/mol. The molecule has 0 radical (unpaired) electrons. The van der Waals surface area contributed by atoms with Crippen LogP contribution in [0, 0.1) is 0 Å². The Labute approximate surface area is 192 Å². The second-order valence-corrected chi connectivity index (χ2v) is 9.04. The summed E-state index contributed by atoms with van der Waals surface area (Å²) in [7, 11) is 0. The first-order valence-electron chi connectivity index (χ1n) is 11.6. The second kappa shape index (κ2) is 7.37. The van der Waals surface area contributed by atoms with Gasteiger partial charge in [-0.1, -0.05) is 25.0 Å². The highest BCUT2D eigenvalue weighted by molar-refractivity contribution is 5.77. The Hall–Kier alpha value is -3.81. The molecular formula is C25H25N7O. The van der Waals surface area contributed by atoms with Gasteiger partial charge in [0, 0.05) is 30.2 Å². The number of anilines is 4. The normalized spacial score (nSPS) is 22.9. The van der Waals surface area contributed by atoms with E-state index >= 15 is 0 Å². The van der Waals surface area contributed by atoms with Crippen molar-refractivity contribution < 1.29 is 4.74 Å². The summed E-state index contributed by atoms with van der Waals surface area (Å²) in [6.07, 6.45) is 10.3. The van der Waals surface area contributed by atoms with Crippen LogP contribution in [0.2, 0.25) is 0 Å². The van der Waals surface area contributed by atoms with E-state index in [0.29, 0.717) is 12.1 Å². The SMILES string of the molecule is C1=NN2CN1C1CCCCC1N1CN(c3cccc(c3)Oc3cccc2c3)c2nccnc21. The fourth-order valence-electron chi connectivity index (χ4n) is 5.56. The first-order chi connectivity index (χ1) is 16.3. The molecule has 33 heavy (non-hydrogen) atoms. The lowest BCUT2D eigenvalue weighted by atomic mass is 9.88. The molecule has 166 valence electrons. The molecule has 0 saturated heterocycles. The van der Waals surface area contributed by atoms with Crippen LogP contribution in [0.1, 0.15) is 25.7 Å². The van der Waals surface area contributed by atoms with E-state index in [1.54, 1.807) is 12.4 Å². The Bertz CT molecular complexity index is 1230. The first kappa shape index (κ1) is 18.7. The van der Waals surface area contributed by atoms with E-state index in [0.717, 1.165) is 60.7 Å². The van der Waals surface area contributed by atoms with Crippen LogP contribution < -0.4 is 19.5 Å². The lowest BCUT2D eigenvalue weighted by Crippen LogP contribution is -2.54. The van der Waals surface area contributed by atoms with Crippen LogP contribution in [0.5, 0.6) is 11.5 Å². The Morgan fingerprint density at radius 1 is 0.788 bits per heavy atom. The molecule has 1 aromatic heterocycles. The molecule has 0 spiro atoms. The van der Waals surface area contributed by atoms with Gasteiger partial charge in [-0.25, -0.2) is 15.0 Å². The summed E-state index contributed by atoms with van der Waals surface area (Å²) in [5, 5.41) is 6.80. The van der Waals surface area contributed by atoms with Gasteiger partial charge >= 0.3 is 0 Å². The van der Waals surface area contributed by atoms with Crippen molar-refractivity contribution in [2.45, 2.75) is 37.8 Å². The Kier molecular flexibility index (Phi) is 4.18. The van der Waals surface area contributed by atoms with Crippen LogP contribution in [-0.2, 0) is 0 Å². The third kappa shape index (κ3) is 3.08. The molecule has 7 rings (SSSR count). The van der Waals surface area contributed by atoms with Crippen molar-refractivity contribution in [2.75, 3.05) is 28.1 Å². The lowest BCUT2D eigenvalue weighted by molar-refractivity contribution is 0.223. The molecule has 0 amide bonds. The van der Waals surface area contributed by atoms with Gasteiger partial charge in [0.05, 0.1) is 24.4 Å². The van der Waals surface area contributed by atoms with Gasteiger partial charge in [0.15, 0.2) is 11.6 Å². The minimum atomic E-state index is 0.349. The topological polar surface area (TPSA) is 60.3 Å². The average Bonchev–Trinajstić information content (AvgIpc) is 3.50. The van der Waals surface area contributed by atoms with Gasteiger partial charge in [-0.2, -0.15) is 5.10 Å². The molecule has 2 atom stereocenters. The van der Waals surface area contributed by atoms with Crippen molar-refractivity contribution in [3.8, 4) is 11.5 Å². The Morgan fingerprint density at radius 2 is 1.52 bits per heavy atom. The number of hydrazone groups is 1. The van der Waals surface area contributed by atoms with Crippen LogP contribution in [0.3, 0.4) is 0 Å². The molecule has 1 saturated carbocycles. The quantitative estimate of drug-likeness (QED) is 0.510. The van der Waals surface area contributed by atoms with Gasteiger partial charge in [0.1, 0.15) is 24.5 Å². The van der Waals surface area contributed by atoms with Crippen molar-refractivity contribution in [2.24, 2.45) is 5.10 Å². The molecule has 8 bridgehead atoms. The van der Waals surface area contributed by atoms with Crippen molar-refractivity contribution >= 4 is 29.3 Å². The smallest absolute Gasteiger partial charge is 0.178 e. The van der Waals surface area contributed by atoms with Gasteiger partial charge in [-0.3, -0.25) is 0 Å². The maximum atomic E-state index is 6.26. The zero-order valence-corrected chi connectivity index (χ0v) is 18.3. The molecule has 4 aliphatic rings. The molecule has 1 aliphatic carbocycles. The zero-order valence-electron chi connectivity index (χ0n) is 18.3. The number of fused-ring (bicyclic) bond motifs is 16. The number of hydrogen-bond acceptors (Lipinski definition) is 8. The second-order valence-electron chi connectivity index (χ2n) is 9.04. The molecule has 4 heterocycles. The predicted octanol–water partition coefficient (Wildman–Crippen LogP) is 4.53. The largest absolute Gasteiger partial charge is 0.457 e. The first-order valence-corrected chi connectivity index (χ1v) is 11.6. The minimum Gasteiger partial charge on any atom is -0.457 e. The summed E-state index contributed by atoms with van der Waals surface area (Å²) in [6.45, 7) is 1.47. The maximum absolute atomic E-state index is 6.26. The highest BCUT2D eigenvalue weighted by Gasteiger charge is 2.41.